The number of aryl methyl sites for hydroxylation is 1. The third-order valence-electron chi connectivity index (χ3n) is 3.71. The van der Waals surface area contributed by atoms with Crippen molar-refractivity contribution in [1.82, 2.24) is 5.32 Å². The van der Waals surface area contributed by atoms with Crippen molar-refractivity contribution < 1.29 is 19.1 Å². The van der Waals surface area contributed by atoms with Crippen LogP contribution >= 0.6 is 11.3 Å². The summed E-state index contributed by atoms with van der Waals surface area (Å²) in [4.78, 5) is 24.9. The zero-order valence-corrected chi connectivity index (χ0v) is 15.3. The first-order valence-electron chi connectivity index (χ1n) is 8.24. The average molecular weight is 361 g/mol. The molecule has 1 amide bonds. The van der Waals surface area contributed by atoms with Crippen LogP contribution in [0.25, 0.3) is 0 Å². The number of carbonyl (C=O) groups is 2. The normalized spacial score (nSPS) is 11.6. The lowest BCUT2D eigenvalue weighted by Crippen LogP contribution is -2.30. The minimum absolute atomic E-state index is 0.103. The number of hydrogen-bond donors (Lipinski definition) is 1. The SMILES string of the molecule is CCOc1ccccc1CCC(=O)NC(CC(=O)OC)c1cccs1. The summed E-state index contributed by atoms with van der Waals surface area (Å²) in [6.07, 6.45) is 1.03. The molecule has 1 heterocycles. The second-order valence-electron chi connectivity index (χ2n) is 5.46. The van der Waals surface area contributed by atoms with Crippen LogP contribution in [-0.4, -0.2) is 25.6 Å². The number of nitrogens with one attached hydrogen (secondary N) is 1. The van der Waals surface area contributed by atoms with E-state index in [2.05, 4.69) is 5.32 Å². The van der Waals surface area contributed by atoms with Crippen LogP contribution in [0.1, 0.15) is 36.2 Å². The van der Waals surface area contributed by atoms with Crippen molar-refractivity contribution in [2.45, 2.75) is 32.2 Å². The molecule has 0 saturated carbocycles. The maximum atomic E-state index is 12.4. The quantitative estimate of drug-likeness (QED) is 0.694. The average Bonchev–Trinajstić information content (AvgIpc) is 3.15. The molecule has 0 aliphatic heterocycles. The Kier molecular flexibility index (Phi) is 7.47. The number of thiophene rings is 1. The van der Waals surface area contributed by atoms with Crippen LogP contribution in [0, 0.1) is 0 Å². The highest BCUT2D eigenvalue weighted by molar-refractivity contribution is 7.10. The van der Waals surface area contributed by atoms with Gasteiger partial charge < -0.3 is 14.8 Å². The molecule has 1 aromatic heterocycles. The van der Waals surface area contributed by atoms with Crippen LogP contribution in [0.2, 0.25) is 0 Å². The molecule has 1 atom stereocenters. The second kappa shape index (κ2) is 9.84. The van der Waals surface area contributed by atoms with E-state index < -0.39 is 0 Å². The van der Waals surface area contributed by atoms with E-state index in [-0.39, 0.29) is 24.3 Å². The van der Waals surface area contributed by atoms with Gasteiger partial charge in [0.05, 0.1) is 26.2 Å². The number of amides is 1. The minimum atomic E-state index is -0.359. The number of benzene rings is 1. The van der Waals surface area contributed by atoms with Gasteiger partial charge in [-0.3, -0.25) is 9.59 Å². The lowest BCUT2D eigenvalue weighted by Gasteiger charge is -2.17. The molecule has 5 nitrogen and oxygen atoms in total. The van der Waals surface area contributed by atoms with Gasteiger partial charge in [0.15, 0.2) is 0 Å². The predicted molar refractivity (Wildman–Crippen MR) is 97.8 cm³/mol. The van der Waals surface area contributed by atoms with Gasteiger partial charge >= 0.3 is 5.97 Å². The fraction of sp³-hybridized carbons (Fsp3) is 0.368. The number of para-hydroxylation sites is 1. The van der Waals surface area contributed by atoms with E-state index in [4.69, 9.17) is 9.47 Å². The van der Waals surface area contributed by atoms with Gasteiger partial charge in [-0.1, -0.05) is 24.3 Å². The van der Waals surface area contributed by atoms with E-state index in [0.29, 0.717) is 19.4 Å². The third-order valence-corrected chi connectivity index (χ3v) is 4.70. The summed E-state index contributed by atoms with van der Waals surface area (Å²) in [5.74, 6) is 0.358. The molecule has 0 fully saturated rings. The van der Waals surface area contributed by atoms with Gasteiger partial charge in [0.2, 0.25) is 5.91 Å². The number of esters is 1. The van der Waals surface area contributed by atoms with Crippen LogP contribution in [-0.2, 0) is 20.7 Å². The molecule has 0 aliphatic carbocycles. The highest BCUT2D eigenvalue weighted by atomic mass is 32.1. The van der Waals surface area contributed by atoms with Gasteiger partial charge in [-0.05, 0) is 36.4 Å². The molecule has 0 saturated heterocycles. The lowest BCUT2D eigenvalue weighted by molar-refractivity contribution is -0.141. The zero-order valence-electron chi connectivity index (χ0n) is 14.5. The fourth-order valence-corrected chi connectivity index (χ4v) is 3.26. The summed E-state index contributed by atoms with van der Waals surface area (Å²) in [6, 6.07) is 11.2. The van der Waals surface area contributed by atoms with Gasteiger partial charge in [0.1, 0.15) is 5.75 Å². The van der Waals surface area contributed by atoms with Gasteiger partial charge in [-0.15, -0.1) is 11.3 Å². The van der Waals surface area contributed by atoms with Gasteiger partial charge in [-0.25, -0.2) is 0 Å². The Morgan fingerprint density at radius 1 is 1.20 bits per heavy atom. The Morgan fingerprint density at radius 2 is 2.00 bits per heavy atom. The fourth-order valence-electron chi connectivity index (χ4n) is 2.48. The van der Waals surface area contributed by atoms with Crippen molar-refractivity contribution in [2.75, 3.05) is 13.7 Å². The first kappa shape index (κ1) is 19.0. The molecule has 1 unspecified atom stereocenters. The van der Waals surface area contributed by atoms with Crippen LogP contribution < -0.4 is 10.1 Å². The molecule has 2 aromatic rings. The first-order chi connectivity index (χ1) is 12.1. The Labute approximate surface area is 152 Å². The summed E-state index contributed by atoms with van der Waals surface area (Å²) in [5.41, 5.74) is 1.00. The molecule has 0 spiro atoms. The molecule has 6 heteroatoms. The van der Waals surface area contributed by atoms with E-state index in [1.165, 1.54) is 18.4 Å². The van der Waals surface area contributed by atoms with E-state index >= 15 is 0 Å². The van der Waals surface area contributed by atoms with Crippen molar-refractivity contribution in [1.29, 1.82) is 0 Å². The molecule has 0 aliphatic rings. The topological polar surface area (TPSA) is 64.6 Å². The van der Waals surface area contributed by atoms with Crippen molar-refractivity contribution in [3.8, 4) is 5.75 Å². The molecule has 0 radical (unpaired) electrons. The van der Waals surface area contributed by atoms with Crippen LogP contribution in [0.5, 0.6) is 5.75 Å². The highest BCUT2D eigenvalue weighted by Crippen LogP contribution is 2.23. The van der Waals surface area contributed by atoms with E-state index in [1.54, 1.807) is 0 Å². The summed E-state index contributed by atoms with van der Waals surface area (Å²) >= 11 is 1.51. The molecule has 2 rings (SSSR count). The summed E-state index contributed by atoms with van der Waals surface area (Å²) in [7, 11) is 1.35. The highest BCUT2D eigenvalue weighted by Gasteiger charge is 2.20. The van der Waals surface area contributed by atoms with Gasteiger partial charge in [0, 0.05) is 11.3 Å². The smallest absolute Gasteiger partial charge is 0.307 e. The number of rotatable bonds is 9. The summed E-state index contributed by atoms with van der Waals surface area (Å²) in [5, 5.41) is 4.86. The van der Waals surface area contributed by atoms with Crippen molar-refractivity contribution in [2.24, 2.45) is 0 Å². The Hall–Kier alpha value is -2.34. The van der Waals surface area contributed by atoms with E-state index in [0.717, 1.165) is 16.2 Å². The standard InChI is InChI=1S/C19H23NO4S/c1-3-24-16-8-5-4-7-14(16)10-11-18(21)20-15(13-19(22)23-2)17-9-6-12-25-17/h4-9,12,15H,3,10-11,13H2,1-2H3,(H,20,21). The maximum Gasteiger partial charge on any atom is 0.307 e. The summed E-state index contributed by atoms with van der Waals surface area (Å²) in [6.45, 7) is 2.52. The molecular formula is C19H23NO4S. The molecule has 0 bridgehead atoms. The van der Waals surface area contributed by atoms with Crippen molar-refractivity contribution >= 4 is 23.2 Å². The van der Waals surface area contributed by atoms with E-state index in [1.807, 2.05) is 48.7 Å². The molecule has 25 heavy (non-hydrogen) atoms. The molecule has 1 aromatic carbocycles. The van der Waals surface area contributed by atoms with Gasteiger partial charge in [0.25, 0.3) is 0 Å². The Bertz CT molecular complexity index is 684. The Morgan fingerprint density at radius 3 is 2.68 bits per heavy atom. The summed E-state index contributed by atoms with van der Waals surface area (Å²) < 4.78 is 10.3. The third kappa shape index (κ3) is 5.90. The number of methoxy groups -OCH3 is 1. The first-order valence-corrected chi connectivity index (χ1v) is 9.12. The van der Waals surface area contributed by atoms with E-state index in [9.17, 15) is 9.59 Å². The lowest BCUT2D eigenvalue weighted by atomic mass is 10.1. The van der Waals surface area contributed by atoms with Crippen LogP contribution in [0.3, 0.4) is 0 Å². The predicted octanol–water partition coefficient (Wildman–Crippen LogP) is 3.50. The molecule has 1 N–H and O–H groups in total. The van der Waals surface area contributed by atoms with Crippen molar-refractivity contribution in [3.63, 3.8) is 0 Å². The van der Waals surface area contributed by atoms with Gasteiger partial charge in [-0.2, -0.15) is 0 Å². The maximum absolute atomic E-state index is 12.4. The van der Waals surface area contributed by atoms with Crippen molar-refractivity contribution in [3.05, 3.63) is 52.2 Å². The number of ether oxygens (including phenoxy) is 2. The second-order valence-corrected chi connectivity index (χ2v) is 6.44. The minimum Gasteiger partial charge on any atom is -0.494 e. The molecular weight excluding hydrogens is 338 g/mol. The number of hydrogen-bond acceptors (Lipinski definition) is 5. The van der Waals surface area contributed by atoms with Crippen LogP contribution in [0.15, 0.2) is 41.8 Å². The largest absolute Gasteiger partial charge is 0.494 e. The zero-order chi connectivity index (χ0) is 18.1. The Balaban J connectivity index is 1.96. The number of carbonyl (C=O) groups excluding carboxylic acids is 2. The van der Waals surface area contributed by atoms with Crippen LogP contribution in [0.4, 0.5) is 0 Å². The monoisotopic (exact) mass is 361 g/mol. The molecule has 134 valence electrons.